The normalized spacial score (nSPS) is 24.6. The van der Waals surface area contributed by atoms with Crippen LogP contribution in [0.2, 0.25) is 0 Å². The van der Waals surface area contributed by atoms with Gasteiger partial charge < -0.3 is 5.11 Å². The van der Waals surface area contributed by atoms with Crippen molar-refractivity contribution in [2.75, 3.05) is 0 Å². The molecular weight excluding hydrogens is 152 g/mol. The van der Waals surface area contributed by atoms with Crippen LogP contribution in [0, 0.1) is 5.41 Å². The third-order valence-corrected chi connectivity index (χ3v) is 2.79. The molecular formula is C10H16O2. The molecule has 1 N–H and O–H groups in total. The van der Waals surface area contributed by atoms with Crippen molar-refractivity contribution in [2.24, 2.45) is 5.41 Å². The minimum Gasteiger partial charge on any atom is -0.478 e. The van der Waals surface area contributed by atoms with Gasteiger partial charge in [-0.25, -0.2) is 4.79 Å². The standard InChI is InChI=1S/C10H16O2/c1-4-7(9(11)12)8-5-6-10(8,2)3/h4-6H2,1-3H3,(H,11,12)/b8-7-. The molecule has 0 unspecified atom stereocenters. The second-order valence-electron chi connectivity index (χ2n) is 4.00. The van der Waals surface area contributed by atoms with Gasteiger partial charge >= 0.3 is 5.97 Å². The van der Waals surface area contributed by atoms with E-state index >= 15 is 0 Å². The highest BCUT2D eigenvalue weighted by Crippen LogP contribution is 2.47. The average Bonchev–Trinajstić information content (AvgIpc) is 1.97. The number of carbonyl (C=O) groups is 1. The van der Waals surface area contributed by atoms with E-state index in [1.807, 2.05) is 6.92 Å². The number of aliphatic carboxylic acids is 1. The van der Waals surface area contributed by atoms with E-state index in [4.69, 9.17) is 5.11 Å². The first-order valence-electron chi connectivity index (χ1n) is 4.45. The maximum absolute atomic E-state index is 10.8. The van der Waals surface area contributed by atoms with Crippen molar-refractivity contribution in [3.8, 4) is 0 Å². The zero-order valence-corrected chi connectivity index (χ0v) is 7.98. The summed E-state index contributed by atoms with van der Waals surface area (Å²) in [5.74, 6) is -0.736. The van der Waals surface area contributed by atoms with E-state index in [2.05, 4.69) is 13.8 Å². The number of hydrogen-bond acceptors (Lipinski definition) is 1. The van der Waals surface area contributed by atoms with Crippen molar-refractivity contribution >= 4 is 5.97 Å². The van der Waals surface area contributed by atoms with Gasteiger partial charge in [0.1, 0.15) is 0 Å². The fraction of sp³-hybridized carbons (Fsp3) is 0.700. The topological polar surface area (TPSA) is 37.3 Å². The maximum atomic E-state index is 10.8. The molecule has 0 bridgehead atoms. The quantitative estimate of drug-likeness (QED) is 0.643. The van der Waals surface area contributed by atoms with Crippen LogP contribution in [0.15, 0.2) is 11.1 Å². The average molecular weight is 168 g/mol. The third kappa shape index (κ3) is 1.38. The van der Waals surface area contributed by atoms with Crippen LogP contribution in [0.1, 0.15) is 40.0 Å². The Morgan fingerprint density at radius 2 is 2.17 bits per heavy atom. The Morgan fingerprint density at radius 3 is 2.25 bits per heavy atom. The first-order chi connectivity index (χ1) is 5.49. The molecule has 1 aliphatic rings. The molecule has 0 atom stereocenters. The molecule has 0 amide bonds. The Bertz CT molecular complexity index is 236. The zero-order valence-electron chi connectivity index (χ0n) is 7.98. The van der Waals surface area contributed by atoms with Gasteiger partial charge in [-0.2, -0.15) is 0 Å². The number of carboxylic acid groups (broad SMARTS) is 1. The van der Waals surface area contributed by atoms with Crippen LogP contribution in [0.4, 0.5) is 0 Å². The number of allylic oxidation sites excluding steroid dienone is 1. The molecule has 0 radical (unpaired) electrons. The molecule has 0 heterocycles. The number of carboxylic acids is 1. The molecule has 0 saturated heterocycles. The summed E-state index contributed by atoms with van der Waals surface area (Å²) in [6.07, 6.45) is 2.75. The van der Waals surface area contributed by atoms with Crippen LogP contribution in [-0.2, 0) is 4.79 Å². The molecule has 1 fully saturated rings. The molecule has 1 aliphatic carbocycles. The summed E-state index contributed by atoms with van der Waals surface area (Å²) in [6.45, 7) is 6.14. The predicted octanol–water partition coefficient (Wildman–Crippen LogP) is 2.60. The number of hydrogen-bond donors (Lipinski definition) is 1. The van der Waals surface area contributed by atoms with E-state index in [0.29, 0.717) is 12.0 Å². The van der Waals surface area contributed by atoms with E-state index in [-0.39, 0.29) is 5.41 Å². The van der Waals surface area contributed by atoms with E-state index < -0.39 is 5.97 Å². The molecule has 2 heteroatoms. The van der Waals surface area contributed by atoms with Gasteiger partial charge in [-0.05, 0) is 24.7 Å². The van der Waals surface area contributed by atoms with Crippen LogP contribution in [0.25, 0.3) is 0 Å². The van der Waals surface area contributed by atoms with Gasteiger partial charge in [0.2, 0.25) is 0 Å². The Morgan fingerprint density at radius 1 is 1.58 bits per heavy atom. The molecule has 0 aromatic heterocycles. The fourth-order valence-electron chi connectivity index (χ4n) is 1.80. The number of rotatable bonds is 2. The smallest absolute Gasteiger partial charge is 0.331 e. The SMILES string of the molecule is CC/C(C(=O)O)=C1\CCC1(C)C. The van der Waals surface area contributed by atoms with Gasteiger partial charge in [0, 0.05) is 5.57 Å². The first-order valence-corrected chi connectivity index (χ1v) is 4.45. The van der Waals surface area contributed by atoms with Gasteiger partial charge in [0.15, 0.2) is 0 Å². The lowest BCUT2D eigenvalue weighted by Gasteiger charge is -2.39. The maximum Gasteiger partial charge on any atom is 0.331 e. The summed E-state index contributed by atoms with van der Waals surface area (Å²) in [5.41, 5.74) is 1.92. The Hall–Kier alpha value is -0.790. The van der Waals surface area contributed by atoms with E-state index in [9.17, 15) is 4.79 Å². The Kier molecular flexibility index (Phi) is 2.27. The lowest BCUT2D eigenvalue weighted by molar-refractivity contribution is -0.133. The molecule has 0 spiro atoms. The lowest BCUT2D eigenvalue weighted by Crippen LogP contribution is -2.28. The monoisotopic (exact) mass is 168 g/mol. The van der Waals surface area contributed by atoms with Crippen LogP contribution in [0.5, 0.6) is 0 Å². The van der Waals surface area contributed by atoms with Crippen molar-refractivity contribution in [2.45, 2.75) is 40.0 Å². The Balaban J connectivity index is 2.95. The summed E-state index contributed by atoms with van der Waals surface area (Å²) in [4.78, 5) is 10.8. The van der Waals surface area contributed by atoms with Crippen molar-refractivity contribution in [1.82, 2.24) is 0 Å². The largest absolute Gasteiger partial charge is 0.478 e. The van der Waals surface area contributed by atoms with Gasteiger partial charge in [-0.1, -0.05) is 26.3 Å². The minimum absolute atomic E-state index is 0.143. The van der Waals surface area contributed by atoms with Crippen molar-refractivity contribution < 1.29 is 9.90 Å². The molecule has 12 heavy (non-hydrogen) atoms. The van der Waals surface area contributed by atoms with Gasteiger partial charge in [-0.15, -0.1) is 0 Å². The summed E-state index contributed by atoms with van der Waals surface area (Å²) < 4.78 is 0. The van der Waals surface area contributed by atoms with E-state index in [1.54, 1.807) is 0 Å². The summed E-state index contributed by atoms with van der Waals surface area (Å²) in [7, 11) is 0. The van der Waals surface area contributed by atoms with Crippen molar-refractivity contribution in [1.29, 1.82) is 0 Å². The van der Waals surface area contributed by atoms with Crippen LogP contribution >= 0.6 is 0 Å². The third-order valence-electron chi connectivity index (χ3n) is 2.79. The van der Waals surface area contributed by atoms with Crippen LogP contribution in [0.3, 0.4) is 0 Å². The second kappa shape index (κ2) is 2.92. The van der Waals surface area contributed by atoms with Gasteiger partial charge in [0.05, 0.1) is 0 Å². The first kappa shape index (κ1) is 9.30. The van der Waals surface area contributed by atoms with Crippen LogP contribution in [-0.4, -0.2) is 11.1 Å². The van der Waals surface area contributed by atoms with Gasteiger partial charge in [-0.3, -0.25) is 0 Å². The molecule has 0 aliphatic heterocycles. The zero-order chi connectivity index (χ0) is 9.35. The minimum atomic E-state index is -0.736. The summed E-state index contributed by atoms with van der Waals surface area (Å²) >= 11 is 0. The highest BCUT2D eigenvalue weighted by atomic mass is 16.4. The molecule has 68 valence electrons. The van der Waals surface area contributed by atoms with Crippen molar-refractivity contribution in [3.63, 3.8) is 0 Å². The Labute approximate surface area is 73.3 Å². The van der Waals surface area contributed by atoms with E-state index in [0.717, 1.165) is 18.4 Å². The molecule has 0 aromatic rings. The fourth-order valence-corrected chi connectivity index (χ4v) is 1.80. The van der Waals surface area contributed by atoms with Gasteiger partial charge in [0.25, 0.3) is 0 Å². The molecule has 2 nitrogen and oxygen atoms in total. The van der Waals surface area contributed by atoms with Crippen molar-refractivity contribution in [3.05, 3.63) is 11.1 Å². The second-order valence-corrected chi connectivity index (χ2v) is 4.00. The highest BCUT2D eigenvalue weighted by molar-refractivity contribution is 5.88. The summed E-state index contributed by atoms with van der Waals surface area (Å²) in [5, 5.41) is 8.88. The molecule has 0 aromatic carbocycles. The highest BCUT2D eigenvalue weighted by Gasteiger charge is 2.35. The van der Waals surface area contributed by atoms with Crippen LogP contribution < -0.4 is 0 Å². The lowest BCUT2D eigenvalue weighted by atomic mass is 9.65. The predicted molar refractivity (Wildman–Crippen MR) is 48.0 cm³/mol. The molecule has 1 rings (SSSR count). The molecule has 1 saturated carbocycles. The van der Waals surface area contributed by atoms with E-state index in [1.165, 1.54) is 0 Å². The summed E-state index contributed by atoms with van der Waals surface area (Å²) in [6, 6.07) is 0.